The highest BCUT2D eigenvalue weighted by atomic mass is 15.1. The highest BCUT2D eigenvalue weighted by Crippen LogP contribution is 2.31. The molecule has 0 N–H and O–H groups in total. The van der Waals surface area contributed by atoms with Crippen molar-refractivity contribution < 1.29 is 0 Å². The predicted octanol–water partition coefficient (Wildman–Crippen LogP) is 17.4. The standard InChI is InChI=1S/C47H92N2/c1-5-8-11-14-16-18-20-22-24-25-27-29-31-33-36-39-42-46(41-38-34-13-10-7-3)47-48-43-44-49(47)45(4)40-37-35-32-30-28-26-23-21-19-17-15-12-9-6-2/h43-46H,5-42H2,1-4H3. The Balaban J connectivity index is 2.24. The maximum atomic E-state index is 5.03. The third-order valence-corrected chi connectivity index (χ3v) is 11.6. The van der Waals surface area contributed by atoms with Gasteiger partial charge < -0.3 is 4.57 Å². The summed E-state index contributed by atoms with van der Waals surface area (Å²) >= 11 is 0. The summed E-state index contributed by atoms with van der Waals surface area (Å²) in [4.78, 5) is 5.03. The van der Waals surface area contributed by atoms with Crippen LogP contribution in [0.25, 0.3) is 0 Å². The molecule has 2 unspecified atom stereocenters. The highest BCUT2D eigenvalue weighted by molar-refractivity contribution is 5.02. The lowest BCUT2D eigenvalue weighted by atomic mass is 9.93. The van der Waals surface area contributed by atoms with Crippen LogP contribution in [0.2, 0.25) is 0 Å². The maximum Gasteiger partial charge on any atom is 0.111 e. The van der Waals surface area contributed by atoms with Crippen molar-refractivity contribution in [1.82, 2.24) is 9.55 Å². The number of nitrogens with zero attached hydrogens (tertiary/aromatic N) is 2. The molecule has 49 heavy (non-hydrogen) atoms. The smallest absolute Gasteiger partial charge is 0.111 e. The van der Waals surface area contributed by atoms with Gasteiger partial charge in [0.2, 0.25) is 0 Å². The van der Waals surface area contributed by atoms with Gasteiger partial charge in [0.15, 0.2) is 0 Å². The van der Waals surface area contributed by atoms with Gasteiger partial charge in [0.1, 0.15) is 5.82 Å². The summed E-state index contributed by atoms with van der Waals surface area (Å²) in [7, 11) is 0. The topological polar surface area (TPSA) is 17.8 Å². The molecule has 0 amide bonds. The molecule has 2 heteroatoms. The zero-order valence-corrected chi connectivity index (χ0v) is 34.6. The predicted molar refractivity (Wildman–Crippen MR) is 222 cm³/mol. The normalized spacial score (nSPS) is 13.0. The zero-order chi connectivity index (χ0) is 35.3. The molecule has 0 aromatic carbocycles. The largest absolute Gasteiger partial charge is 0.332 e. The van der Waals surface area contributed by atoms with E-state index < -0.39 is 0 Å². The molecule has 0 aliphatic heterocycles. The molecule has 0 aliphatic rings. The van der Waals surface area contributed by atoms with Crippen molar-refractivity contribution in [2.24, 2.45) is 0 Å². The van der Waals surface area contributed by atoms with Gasteiger partial charge in [0.05, 0.1) is 0 Å². The summed E-state index contributed by atoms with van der Waals surface area (Å²) in [5.74, 6) is 2.07. The molecule has 2 atom stereocenters. The Hall–Kier alpha value is -0.790. The molecule has 1 aromatic heterocycles. The molecule has 2 nitrogen and oxygen atoms in total. The van der Waals surface area contributed by atoms with E-state index in [1.54, 1.807) is 0 Å². The molecular weight excluding hydrogens is 593 g/mol. The molecule has 0 spiro atoms. The number of aromatic nitrogens is 2. The molecule has 290 valence electrons. The van der Waals surface area contributed by atoms with Gasteiger partial charge in [-0.05, 0) is 26.2 Å². The van der Waals surface area contributed by atoms with Gasteiger partial charge in [-0.3, -0.25) is 0 Å². The van der Waals surface area contributed by atoms with Crippen LogP contribution < -0.4 is 0 Å². The SMILES string of the molecule is CCCCCCCCCCCCCCCCCCC(CCCCCCC)c1nccn1C(C)CCCCCCCCCCCCCCCC. The van der Waals surface area contributed by atoms with E-state index in [0.29, 0.717) is 12.0 Å². The quantitative estimate of drug-likeness (QED) is 0.0629. The fraction of sp³-hybridized carbons (Fsp3) is 0.936. The molecule has 0 bridgehead atoms. The van der Waals surface area contributed by atoms with Crippen molar-refractivity contribution in [3.05, 3.63) is 18.2 Å². The van der Waals surface area contributed by atoms with Crippen LogP contribution in [0.4, 0.5) is 0 Å². The summed E-state index contributed by atoms with van der Waals surface area (Å²) in [5, 5.41) is 0. The van der Waals surface area contributed by atoms with Gasteiger partial charge in [0, 0.05) is 24.4 Å². The Bertz CT molecular complexity index is 753. The van der Waals surface area contributed by atoms with E-state index in [4.69, 9.17) is 4.98 Å². The Morgan fingerprint density at radius 1 is 0.388 bits per heavy atom. The van der Waals surface area contributed by atoms with Crippen LogP contribution in [0.1, 0.15) is 289 Å². The van der Waals surface area contributed by atoms with Crippen molar-refractivity contribution >= 4 is 0 Å². The number of unbranched alkanes of at least 4 members (excludes halogenated alkanes) is 32. The lowest BCUT2D eigenvalue weighted by Gasteiger charge is -2.22. The van der Waals surface area contributed by atoms with Crippen LogP contribution in [-0.4, -0.2) is 9.55 Å². The third-order valence-electron chi connectivity index (χ3n) is 11.6. The average Bonchev–Trinajstić information content (AvgIpc) is 3.60. The summed E-state index contributed by atoms with van der Waals surface area (Å²) in [6.45, 7) is 9.41. The van der Waals surface area contributed by atoms with Gasteiger partial charge in [-0.2, -0.15) is 0 Å². The summed E-state index contributed by atoms with van der Waals surface area (Å²) in [6, 6.07) is 0.586. The van der Waals surface area contributed by atoms with Crippen molar-refractivity contribution in [2.75, 3.05) is 0 Å². The molecule has 0 aliphatic carbocycles. The molecule has 0 fully saturated rings. The summed E-state index contributed by atoms with van der Waals surface area (Å²) in [6.07, 6.45) is 58.7. The lowest BCUT2D eigenvalue weighted by molar-refractivity contribution is 0.412. The van der Waals surface area contributed by atoms with Crippen molar-refractivity contribution in [2.45, 2.75) is 284 Å². The minimum atomic E-state index is 0.586. The van der Waals surface area contributed by atoms with Gasteiger partial charge >= 0.3 is 0 Å². The lowest BCUT2D eigenvalue weighted by Crippen LogP contribution is -2.13. The molecule has 1 rings (SSSR count). The minimum absolute atomic E-state index is 0.586. The maximum absolute atomic E-state index is 5.03. The van der Waals surface area contributed by atoms with E-state index in [1.807, 2.05) is 0 Å². The number of hydrogen-bond donors (Lipinski definition) is 0. The third kappa shape index (κ3) is 28.5. The number of hydrogen-bond acceptors (Lipinski definition) is 1. The fourth-order valence-electron chi connectivity index (χ4n) is 8.12. The summed E-state index contributed by atoms with van der Waals surface area (Å²) in [5.41, 5.74) is 0. The average molecular weight is 685 g/mol. The van der Waals surface area contributed by atoms with Crippen LogP contribution in [-0.2, 0) is 0 Å². The molecule has 0 saturated carbocycles. The second-order valence-electron chi connectivity index (χ2n) is 16.4. The van der Waals surface area contributed by atoms with Gasteiger partial charge in [-0.1, -0.05) is 245 Å². The number of rotatable bonds is 40. The molecule has 0 radical (unpaired) electrons. The molecule has 0 saturated heterocycles. The van der Waals surface area contributed by atoms with Crippen LogP contribution >= 0.6 is 0 Å². The highest BCUT2D eigenvalue weighted by Gasteiger charge is 2.19. The van der Waals surface area contributed by atoms with E-state index in [0.717, 1.165) is 0 Å². The van der Waals surface area contributed by atoms with Crippen LogP contribution in [0, 0.1) is 0 Å². The van der Waals surface area contributed by atoms with Crippen LogP contribution in [0.5, 0.6) is 0 Å². The Morgan fingerprint density at radius 2 is 0.653 bits per heavy atom. The monoisotopic (exact) mass is 685 g/mol. The van der Waals surface area contributed by atoms with E-state index >= 15 is 0 Å². The van der Waals surface area contributed by atoms with Crippen molar-refractivity contribution in [1.29, 1.82) is 0 Å². The first-order valence-corrected chi connectivity index (χ1v) is 23.3. The number of imidazole rings is 1. The van der Waals surface area contributed by atoms with Crippen molar-refractivity contribution in [3.8, 4) is 0 Å². The Labute approximate surface area is 310 Å². The van der Waals surface area contributed by atoms with Gasteiger partial charge in [-0.25, -0.2) is 4.98 Å². The Kier molecular flexibility index (Phi) is 34.9. The van der Waals surface area contributed by atoms with Crippen molar-refractivity contribution in [3.63, 3.8) is 0 Å². The van der Waals surface area contributed by atoms with E-state index in [2.05, 4.69) is 44.7 Å². The van der Waals surface area contributed by atoms with Crippen LogP contribution in [0.3, 0.4) is 0 Å². The minimum Gasteiger partial charge on any atom is -0.332 e. The van der Waals surface area contributed by atoms with Gasteiger partial charge in [-0.15, -0.1) is 0 Å². The first-order chi connectivity index (χ1) is 24.2. The van der Waals surface area contributed by atoms with E-state index in [9.17, 15) is 0 Å². The first kappa shape index (κ1) is 46.2. The second kappa shape index (κ2) is 37.0. The molecule has 1 aromatic rings. The van der Waals surface area contributed by atoms with E-state index in [1.165, 1.54) is 250 Å². The van der Waals surface area contributed by atoms with Gasteiger partial charge in [0.25, 0.3) is 0 Å². The molecular formula is C47H92N2. The van der Waals surface area contributed by atoms with Crippen LogP contribution in [0.15, 0.2) is 12.4 Å². The summed E-state index contributed by atoms with van der Waals surface area (Å²) < 4.78 is 2.59. The second-order valence-corrected chi connectivity index (χ2v) is 16.4. The molecule has 1 heterocycles. The Morgan fingerprint density at radius 3 is 0.959 bits per heavy atom. The fourth-order valence-corrected chi connectivity index (χ4v) is 8.12. The first-order valence-electron chi connectivity index (χ1n) is 23.3. The van der Waals surface area contributed by atoms with E-state index in [-0.39, 0.29) is 0 Å². The zero-order valence-electron chi connectivity index (χ0n) is 34.6.